The molecule has 2 heterocycles. The second kappa shape index (κ2) is 6.69. The fourth-order valence-corrected chi connectivity index (χ4v) is 3.01. The molecule has 0 aromatic carbocycles. The van der Waals surface area contributed by atoms with Crippen LogP contribution >= 0.6 is 0 Å². The zero-order valence-corrected chi connectivity index (χ0v) is 11.3. The number of morpholine rings is 1. The van der Waals surface area contributed by atoms with Gasteiger partial charge in [-0.3, -0.25) is 4.90 Å². The van der Waals surface area contributed by atoms with E-state index in [4.69, 9.17) is 4.74 Å². The molecular formula is C13H27N3O. The predicted octanol–water partition coefficient (Wildman–Crippen LogP) is 0.391. The molecule has 4 heteroatoms. The number of likely N-dealkylation sites (tertiary alicyclic amines) is 1. The molecule has 2 atom stereocenters. The van der Waals surface area contributed by atoms with Crippen LogP contribution in [0.1, 0.15) is 19.3 Å². The molecule has 2 fully saturated rings. The molecule has 0 aromatic heterocycles. The van der Waals surface area contributed by atoms with Crippen LogP contribution in [0.15, 0.2) is 0 Å². The van der Waals surface area contributed by atoms with Crippen molar-refractivity contribution >= 4 is 0 Å². The first-order valence-electron chi connectivity index (χ1n) is 6.98. The van der Waals surface area contributed by atoms with Gasteiger partial charge in [-0.1, -0.05) is 6.42 Å². The summed E-state index contributed by atoms with van der Waals surface area (Å²) in [6.45, 7) is 6.53. The minimum Gasteiger partial charge on any atom is -0.374 e. The number of hydrogen-bond acceptors (Lipinski definition) is 4. The molecule has 1 N–H and O–H groups in total. The molecule has 0 saturated carbocycles. The van der Waals surface area contributed by atoms with Crippen LogP contribution in [0.2, 0.25) is 0 Å². The van der Waals surface area contributed by atoms with Crippen molar-refractivity contribution in [2.75, 3.05) is 53.4 Å². The van der Waals surface area contributed by atoms with Crippen molar-refractivity contribution in [3.05, 3.63) is 0 Å². The lowest BCUT2D eigenvalue weighted by Gasteiger charge is -2.40. The quantitative estimate of drug-likeness (QED) is 0.771. The Morgan fingerprint density at radius 2 is 2.18 bits per heavy atom. The summed E-state index contributed by atoms with van der Waals surface area (Å²) in [5, 5.41) is 3.32. The molecule has 0 spiro atoms. The Labute approximate surface area is 105 Å². The highest BCUT2D eigenvalue weighted by Crippen LogP contribution is 2.18. The van der Waals surface area contributed by atoms with Gasteiger partial charge in [0.15, 0.2) is 0 Å². The molecule has 0 aliphatic carbocycles. The summed E-state index contributed by atoms with van der Waals surface area (Å²) < 4.78 is 5.87. The zero-order chi connectivity index (χ0) is 12.1. The van der Waals surface area contributed by atoms with Crippen molar-refractivity contribution < 1.29 is 4.74 Å². The smallest absolute Gasteiger partial charge is 0.0829 e. The molecule has 0 aromatic rings. The SMILES string of the molecule is CNCC1CCCCN1CC1CN(C)CCO1. The molecule has 4 nitrogen and oxygen atoms in total. The lowest BCUT2D eigenvalue weighted by molar-refractivity contribution is -0.0449. The summed E-state index contributed by atoms with van der Waals surface area (Å²) in [6.07, 6.45) is 4.48. The van der Waals surface area contributed by atoms with E-state index in [0.717, 1.165) is 32.8 Å². The minimum atomic E-state index is 0.409. The van der Waals surface area contributed by atoms with E-state index in [0.29, 0.717) is 12.1 Å². The molecule has 17 heavy (non-hydrogen) atoms. The van der Waals surface area contributed by atoms with Gasteiger partial charge in [-0.25, -0.2) is 0 Å². The summed E-state index contributed by atoms with van der Waals surface area (Å²) >= 11 is 0. The first-order chi connectivity index (χ1) is 8.29. The molecule has 2 unspecified atom stereocenters. The van der Waals surface area contributed by atoms with Crippen molar-refractivity contribution in [3.8, 4) is 0 Å². The van der Waals surface area contributed by atoms with Gasteiger partial charge in [-0.05, 0) is 33.5 Å². The van der Waals surface area contributed by atoms with Gasteiger partial charge in [0.1, 0.15) is 0 Å². The van der Waals surface area contributed by atoms with Crippen molar-refractivity contribution in [1.82, 2.24) is 15.1 Å². The van der Waals surface area contributed by atoms with Crippen molar-refractivity contribution in [2.45, 2.75) is 31.4 Å². The van der Waals surface area contributed by atoms with Crippen LogP contribution in [-0.4, -0.2) is 75.4 Å². The topological polar surface area (TPSA) is 27.7 Å². The van der Waals surface area contributed by atoms with Crippen LogP contribution in [0.25, 0.3) is 0 Å². The van der Waals surface area contributed by atoms with Crippen molar-refractivity contribution in [1.29, 1.82) is 0 Å². The second-order valence-corrected chi connectivity index (χ2v) is 5.46. The molecule has 2 aliphatic rings. The third kappa shape index (κ3) is 3.91. The van der Waals surface area contributed by atoms with Crippen LogP contribution in [0.3, 0.4) is 0 Å². The normalized spacial score (nSPS) is 32.8. The maximum atomic E-state index is 5.87. The average Bonchev–Trinajstić information content (AvgIpc) is 2.32. The van der Waals surface area contributed by atoms with Gasteiger partial charge in [0.2, 0.25) is 0 Å². The minimum absolute atomic E-state index is 0.409. The Hall–Kier alpha value is -0.160. The Morgan fingerprint density at radius 3 is 2.94 bits per heavy atom. The number of nitrogens with one attached hydrogen (secondary N) is 1. The van der Waals surface area contributed by atoms with Gasteiger partial charge in [0.25, 0.3) is 0 Å². The van der Waals surface area contributed by atoms with Crippen molar-refractivity contribution in [2.24, 2.45) is 0 Å². The molecule has 2 aliphatic heterocycles. The molecule has 2 saturated heterocycles. The van der Waals surface area contributed by atoms with Gasteiger partial charge in [0, 0.05) is 32.2 Å². The van der Waals surface area contributed by atoms with E-state index in [1.165, 1.54) is 25.8 Å². The first-order valence-corrected chi connectivity index (χ1v) is 6.98. The molecule has 100 valence electrons. The molecule has 0 amide bonds. The fraction of sp³-hybridized carbons (Fsp3) is 1.00. The summed E-state index contributed by atoms with van der Waals surface area (Å²) in [4.78, 5) is 5.01. The third-order valence-corrected chi connectivity index (χ3v) is 3.97. The molecular weight excluding hydrogens is 214 g/mol. The van der Waals surface area contributed by atoms with Gasteiger partial charge in [-0.15, -0.1) is 0 Å². The van der Waals surface area contributed by atoms with Crippen LogP contribution in [-0.2, 0) is 4.74 Å². The van der Waals surface area contributed by atoms with Crippen LogP contribution in [0.4, 0.5) is 0 Å². The van der Waals surface area contributed by atoms with Gasteiger partial charge < -0.3 is 15.0 Å². The Bertz CT molecular complexity index is 223. The third-order valence-electron chi connectivity index (χ3n) is 3.97. The number of rotatable bonds is 4. The Morgan fingerprint density at radius 1 is 1.29 bits per heavy atom. The predicted molar refractivity (Wildman–Crippen MR) is 70.4 cm³/mol. The highest BCUT2D eigenvalue weighted by atomic mass is 16.5. The number of hydrogen-bond donors (Lipinski definition) is 1. The maximum Gasteiger partial charge on any atom is 0.0829 e. The number of piperidine rings is 1. The summed E-state index contributed by atoms with van der Waals surface area (Å²) in [6, 6.07) is 0.713. The first kappa shape index (κ1) is 13.3. The summed E-state index contributed by atoms with van der Waals surface area (Å²) in [5.74, 6) is 0. The van der Waals surface area contributed by atoms with E-state index < -0.39 is 0 Å². The Kier molecular flexibility index (Phi) is 5.22. The van der Waals surface area contributed by atoms with E-state index in [9.17, 15) is 0 Å². The van der Waals surface area contributed by atoms with Gasteiger partial charge >= 0.3 is 0 Å². The highest BCUT2D eigenvalue weighted by Gasteiger charge is 2.26. The summed E-state index contributed by atoms with van der Waals surface area (Å²) in [7, 11) is 4.24. The monoisotopic (exact) mass is 241 g/mol. The molecule has 0 bridgehead atoms. The number of ether oxygens (including phenoxy) is 1. The van der Waals surface area contributed by atoms with E-state index >= 15 is 0 Å². The van der Waals surface area contributed by atoms with Crippen molar-refractivity contribution in [3.63, 3.8) is 0 Å². The van der Waals surface area contributed by atoms with E-state index in [-0.39, 0.29) is 0 Å². The van der Waals surface area contributed by atoms with Gasteiger partial charge in [-0.2, -0.15) is 0 Å². The van der Waals surface area contributed by atoms with E-state index in [1.807, 2.05) is 0 Å². The molecule has 2 rings (SSSR count). The largest absolute Gasteiger partial charge is 0.374 e. The summed E-state index contributed by atoms with van der Waals surface area (Å²) in [5.41, 5.74) is 0. The van der Waals surface area contributed by atoms with Crippen LogP contribution in [0, 0.1) is 0 Å². The average molecular weight is 241 g/mol. The highest BCUT2D eigenvalue weighted by molar-refractivity contribution is 4.82. The lowest BCUT2D eigenvalue weighted by atomic mass is 10.0. The number of nitrogens with zero attached hydrogens (tertiary/aromatic N) is 2. The fourth-order valence-electron chi connectivity index (χ4n) is 3.01. The van der Waals surface area contributed by atoms with Crippen LogP contribution < -0.4 is 5.32 Å². The Balaban J connectivity index is 1.82. The van der Waals surface area contributed by atoms with E-state index in [1.54, 1.807) is 0 Å². The van der Waals surface area contributed by atoms with Gasteiger partial charge in [0.05, 0.1) is 12.7 Å². The maximum absolute atomic E-state index is 5.87. The lowest BCUT2D eigenvalue weighted by Crippen LogP contribution is -2.52. The zero-order valence-electron chi connectivity index (χ0n) is 11.3. The standard InChI is InChI=1S/C13H27N3O/c1-14-9-12-5-3-4-6-16(12)11-13-10-15(2)7-8-17-13/h12-14H,3-11H2,1-2H3. The number of likely N-dealkylation sites (N-methyl/N-ethyl adjacent to an activating group) is 2. The molecule has 0 radical (unpaired) electrons. The second-order valence-electron chi connectivity index (χ2n) is 5.46. The van der Waals surface area contributed by atoms with Crippen LogP contribution in [0.5, 0.6) is 0 Å². The van der Waals surface area contributed by atoms with E-state index in [2.05, 4.69) is 29.2 Å².